The summed E-state index contributed by atoms with van der Waals surface area (Å²) in [5.74, 6) is 0. The zero-order valence-electron chi connectivity index (χ0n) is 18.4. The van der Waals surface area contributed by atoms with Gasteiger partial charge in [-0.05, 0) is 23.3 Å². The van der Waals surface area contributed by atoms with Crippen molar-refractivity contribution >= 4 is 10.9 Å². The second kappa shape index (κ2) is 9.02. The molecule has 0 bridgehead atoms. The molecule has 0 aliphatic carbocycles. The molecule has 2 aliphatic rings. The summed E-state index contributed by atoms with van der Waals surface area (Å²) >= 11 is 0. The molecule has 34 heavy (non-hydrogen) atoms. The number of nitrogens with zero attached hydrogens (tertiary/aromatic N) is 2. The Morgan fingerprint density at radius 1 is 0.853 bits per heavy atom. The largest absolute Gasteiger partial charge is 0.453 e. The highest BCUT2D eigenvalue weighted by atomic mass is 16.6. The zero-order chi connectivity index (χ0) is 22.9. The normalized spacial score (nSPS) is 22.9. The van der Waals surface area contributed by atoms with Gasteiger partial charge in [-0.25, -0.2) is 4.57 Å². The fourth-order valence-electron chi connectivity index (χ4n) is 4.57. The highest BCUT2D eigenvalue weighted by molar-refractivity contribution is 5.77. The Morgan fingerprint density at radius 3 is 2.29 bits per heavy atom. The van der Waals surface area contributed by atoms with Crippen molar-refractivity contribution in [3.8, 4) is 6.01 Å². The van der Waals surface area contributed by atoms with E-state index in [0.717, 1.165) is 11.1 Å². The molecule has 0 spiro atoms. The van der Waals surface area contributed by atoms with Gasteiger partial charge in [0.15, 0.2) is 12.3 Å². The summed E-state index contributed by atoms with van der Waals surface area (Å²) in [5.41, 5.74) is 2.55. The minimum Gasteiger partial charge on any atom is -0.453 e. The minimum atomic E-state index is -0.620. The summed E-state index contributed by atoms with van der Waals surface area (Å²) in [6.07, 6.45) is -1.93. The lowest BCUT2D eigenvalue weighted by Gasteiger charge is -2.22. The van der Waals surface area contributed by atoms with E-state index in [0.29, 0.717) is 30.7 Å². The quantitative estimate of drug-likeness (QED) is 0.421. The van der Waals surface area contributed by atoms with E-state index in [9.17, 15) is 4.79 Å². The SMILES string of the molecule is O=c1c2ccccc2nc2n1[C@H]1O[C@H](COCc3ccccc3)[C@H](OCc3ccccc3)[C@H]1O2. The molecule has 2 aliphatic heterocycles. The van der Waals surface area contributed by atoms with Crippen LogP contribution >= 0.6 is 0 Å². The molecule has 0 N–H and O–H groups in total. The number of benzene rings is 3. The maximum atomic E-state index is 13.2. The molecule has 0 saturated carbocycles. The van der Waals surface area contributed by atoms with E-state index >= 15 is 0 Å². The molecule has 0 amide bonds. The monoisotopic (exact) mass is 456 g/mol. The second-order valence-electron chi connectivity index (χ2n) is 8.50. The fraction of sp³-hybridized carbons (Fsp3) is 0.259. The predicted octanol–water partition coefficient (Wildman–Crippen LogP) is 3.86. The van der Waals surface area contributed by atoms with Gasteiger partial charge < -0.3 is 18.9 Å². The third-order valence-electron chi connectivity index (χ3n) is 6.24. The molecule has 1 fully saturated rings. The van der Waals surface area contributed by atoms with Gasteiger partial charge in [-0.3, -0.25) is 4.79 Å². The molecular formula is C27H24N2O5. The van der Waals surface area contributed by atoms with E-state index in [1.54, 1.807) is 12.1 Å². The molecule has 1 saturated heterocycles. The van der Waals surface area contributed by atoms with E-state index in [1.165, 1.54) is 4.57 Å². The Balaban J connectivity index is 1.26. The average molecular weight is 456 g/mol. The number of hydrogen-bond acceptors (Lipinski definition) is 6. The molecule has 4 aromatic rings. The van der Waals surface area contributed by atoms with Crippen molar-refractivity contribution in [3.05, 3.63) is 106 Å². The van der Waals surface area contributed by atoms with E-state index in [1.807, 2.05) is 72.8 Å². The maximum Gasteiger partial charge on any atom is 0.302 e. The van der Waals surface area contributed by atoms with Crippen molar-refractivity contribution in [2.75, 3.05) is 6.61 Å². The first-order chi connectivity index (χ1) is 16.8. The van der Waals surface area contributed by atoms with Gasteiger partial charge in [0.1, 0.15) is 12.2 Å². The van der Waals surface area contributed by atoms with Gasteiger partial charge in [-0.2, -0.15) is 4.98 Å². The Labute approximate surface area is 196 Å². The van der Waals surface area contributed by atoms with Crippen molar-refractivity contribution in [2.24, 2.45) is 0 Å². The molecule has 4 atom stereocenters. The molecule has 3 aromatic carbocycles. The smallest absolute Gasteiger partial charge is 0.302 e. The number of rotatable bonds is 7. The first kappa shape index (κ1) is 21.0. The average Bonchev–Trinajstić information content (AvgIpc) is 3.39. The molecule has 3 heterocycles. The van der Waals surface area contributed by atoms with Crippen molar-refractivity contribution < 1.29 is 18.9 Å². The van der Waals surface area contributed by atoms with Crippen LogP contribution in [0.5, 0.6) is 6.01 Å². The van der Waals surface area contributed by atoms with Gasteiger partial charge in [0.25, 0.3) is 5.56 Å². The van der Waals surface area contributed by atoms with Gasteiger partial charge in [0.2, 0.25) is 0 Å². The van der Waals surface area contributed by atoms with Gasteiger partial charge in [-0.15, -0.1) is 0 Å². The summed E-state index contributed by atoms with van der Waals surface area (Å²) in [6, 6.07) is 27.4. The van der Waals surface area contributed by atoms with Gasteiger partial charge in [-0.1, -0.05) is 72.8 Å². The van der Waals surface area contributed by atoms with Crippen LogP contribution in [0.25, 0.3) is 10.9 Å². The first-order valence-corrected chi connectivity index (χ1v) is 11.4. The summed E-state index contributed by atoms with van der Waals surface area (Å²) in [4.78, 5) is 17.8. The van der Waals surface area contributed by atoms with Crippen LogP contribution in [0.15, 0.2) is 89.7 Å². The molecule has 172 valence electrons. The maximum absolute atomic E-state index is 13.2. The van der Waals surface area contributed by atoms with Crippen LogP contribution in [0, 0.1) is 0 Å². The fourth-order valence-corrected chi connectivity index (χ4v) is 4.57. The van der Waals surface area contributed by atoms with E-state index in [4.69, 9.17) is 18.9 Å². The Bertz CT molecular complexity index is 1340. The molecular weight excluding hydrogens is 432 g/mol. The lowest BCUT2D eigenvalue weighted by atomic mass is 10.1. The number of fused-ring (bicyclic) bond motifs is 4. The van der Waals surface area contributed by atoms with Crippen LogP contribution in [0.1, 0.15) is 17.4 Å². The Kier molecular flexibility index (Phi) is 5.58. The molecule has 7 heteroatoms. The summed E-state index contributed by atoms with van der Waals surface area (Å²) in [7, 11) is 0. The Hall–Kier alpha value is -3.52. The van der Waals surface area contributed by atoms with E-state index in [-0.39, 0.29) is 11.6 Å². The molecule has 1 aromatic heterocycles. The van der Waals surface area contributed by atoms with Crippen LogP contribution in [0.2, 0.25) is 0 Å². The highest BCUT2D eigenvalue weighted by Crippen LogP contribution is 2.40. The third kappa shape index (κ3) is 3.88. The van der Waals surface area contributed by atoms with Crippen LogP contribution in [0.3, 0.4) is 0 Å². The molecule has 0 unspecified atom stereocenters. The van der Waals surface area contributed by atoms with E-state index in [2.05, 4.69) is 4.98 Å². The molecule has 0 radical (unpaired) electrons. The van der Waals surface area contributed by atoms with Crippen LogP contribution in [-0.4, -0.2) is 34.5 Å². The number of para-hydroxylation sites is 1. The van der Waals surface area contributed by atoms with Crippen LogP contribution in [-0.2, 0) is 27.4 Å². The first-order valence-electron chi connectivity index (χ1n) is 11.4. The number of hydrogen-bond donors (Lipinski definition) is 0. The van der Waals surface area contributed by atoms with Gasteiger partial charge in [0.05, 0.1) is 30.7 Å². The van der Waals surface area contributed by atoms with Crippen molar-refractivity contribution in [3.63, 3.8) is 0 Å². The molecule has 6 rings (SSSR count). The Morgan fingerprint density at radius 2 is 1.53 bits per heavy atom. The topological polar surface area (TPSA) is 71.8 Å². The summed E-state index contributed by atoms with van der Waals surface area (Å²) in [5, 5.41) is 0.532. The van der Waals surface area contributed by atoms with Gasteiger partial charge in [0, 0.05) is 0 Å². The second-order valence-corrected chi connectivity index (χ2v) is 8.50. The van der Waals surface area contributed by atoms with Crippen molar-refractivity contribution in [1.29, 1.82) is 0 Å². The van der Waals surface area contributed by atoms with E-state index < -0.39 is 24.5 Å². The number of ether oxygens (including phenoxy) is 4. The standard InChI is InChI=1S/C27H24N2O5/c30-25-20-13-7-8-14-21(20)28-27-29(25)26-24(34-27)23(32-16-19-11-5-2-6-12-19)22(33-26)17-31-15-18-9-3-1-4-10-18/h1-14,22-24,26H,15-17H2/t22-,23+,24-,26+/m1/s1. The summed E-state index contributed by atoms with van der Waals surface area (Å²) < 4.78 is 26.3. The van der Waals surface area contributed by atoms with Crippen molar-refractivity contribution in [2.45, 2.75) is 37.8 Å². The van der Waals surface area contributed by atoms with Crippen LogP contribution < -0.4 is 10.3 Å². The molecule has 7 nitrogen and oxygen atoms in total. The predicted molar refractivity (Wildman–Crippen MR) is 125 cm³/mol. The van der Waals surface area contributed by atoms with Crippen molar-refractivity contribution in [1.82, 2.24) is 9.55 Å². The zero-order valence-corrected chi connectivity index (χ0v) is 18.4. The lowest BCUT2D eigenvalue weighted by Crippen LogP contribution is -2.38. The van der Waals surface area contributed by atoms with Crippen LogP contribution in [0.4, 0.5) is 0 Å². The number of aromatic nitrogens is 2. The summed E-state index contributed by atoms with van der Waals surface area (Å²) in [6.45, 7) is 1.18. The highest BCUT2D eigenvalue weighted by Gasteiger charge is 2.53. The minimum absolute atomic E-state index is 0.180. The lowest BCUT2D eigenvalue weighted by molar-refractivity contribution is -0.0864. The third-order valence-corrected chi connectivity index (χ3v) is 6.24. The van der Waals surface area contributed by atoms with Gasteiger partial charge >= 0.3 is 6.01 Å².